The Morgan fingerprint density at radius 2 is 1.08 bits per heavy atom. The van der Waals surface area contributed by atoms with Crippen molar-refractivity contribution in [3.63, 3.8) is 0 Å². The van der Waals surface area contributed by atoms with Crippen LogP contribution in [0.3, 0.4) is 0 Å². The second kappa shape index (κ2) is 14.7. The molecule has 7 N–H and O–H groups in total. The van der Waals surface area contributed by atoms with Gasteiger partial charge >= 0.3 is 20.9 Å². The van der Waals surface area contributed by atoms with Crippen molar-refractivity contribution in [1.82, 2.24) is 15.0 Å². The zero-order valence-electron chi connectivity index (χ0n) is 25.5. The molecule has 0 saturated carbocycles. The van der Waals surface area contributed by atoms with E-state index in [0.29, 0.717) is 34.2 Å². The Morgan fingerprint density at radius 3 is 1.53 bits per heavy atom. The highest BCUT2D eigenvalue weighted by Gasteiger charge is 2.18. The molecule has 0 unspecified atom stereocenters. The van der Waals surface area contributed by atoms with Crippen molar-refractivity contribution < 1.29 is 38.2 Å². The molecule has 0 atom stereocenters. The number of H-pyrrole nitrogens is 1. The molecule has 0 amide bonds. The highest BCUT2D eigenvalue weighted by molar-refractivity contribution is 7.60. The molecule has 49 heavy (non-hydrogen) atoms. The van der Waals surface area contributed by atoms with Crippen LogP contribution in [0.4, 0.5) is 46.0 Å². The summed E-state index contributed by atoms with van der Waals surface area (Å²) in [6, 6.07) is 20.6. The van der Waals surface area contributed by atoms with Crippen LogP contribution in [0, 0.1) is 0 Å². The lowest BCUT2D eigenvalue weighted by molar-refractivity contribution is 0.385. The van der Waals surface area contributed by atoms with E-state index in [4.69, 9.17) is 9.47 Å². The summed E-state index contributed by atoms with van der Waals surface area (Å²) in [7, 11) is -6.05. The van der Waals surface area contributed by atoms with Gasteiger partial charge in [-0.15, -0.1) is 0 Å². The molecule has 0 radical (unpaired) electrons. The highest BCUT2D eigenvalue weighted by Crippen LogP contribution is 2.37. The van der Waals surface area contributed by atoms with E-state index in [1.165, 1.54) is 50.6 Å². The molecule has 0 aliphatic heterocycles. The maximum absolute atomic E-state index is 12.4. The fourth-order valence-corrected chi connectivity index (χ4v) is 5.30. The van der Waals surface area contributed by atoms with Crippen LogP contribution in [-0.4, -0.2) is 48.7 Å². The van der Waals surface area contributed by atoms with Crippen LogP contribution >= 0.6 is 15.2 Å². The molecule has 0 aliphatic carbocycles. The second-order valence-corrected chi connectivity index (χ2v) is 13.1. The molecule has 18 nitrogen and oxygen atoms in total. The van der Waals surface area contributed by atoms with Crippen molar-refractivity contribution in [2.45, 2.75) is 0 Å². The van der Waals surface area contributed by atoms with Gasteiger partial charge in [-0.2, -0.15) is 30.4 Å². The minimum Gasteiger partial charge on any atom is -0.494 e. The lowest BCUT2D eigenvalue weighted by atomic mass is 10.2. The van der Waals surface area contributed by atoms with Gasteiger partial charge in [0.05, 0.1) is 59.0 Å². The van der Waals surface area contributed by atoms with Crippen molar-refractivity contribution in [1.29, 1.82) is 0 Å². The van der Waals surface area contributed by atoms with Gasteiger partial charge in [-0.3, -0.25) is 14.1 Å². The Balaban J connectivity index is 1.31. The molecule has 252 valence electrons. The third-order valence-corrected chi connectivity index (χ3v) is 8.32. The molecule has 1 heterocycles. The Morgan fingerprint density at radius 1 is 0.633 bits per heavy atom. The summed E-state index contributed by atoms with van der Waals surface area (Å²) in [5.41, 5.74) is 1.28. The number of nitrogens with zero attached hydrogens (tertiary/aromatic N) is 6. The molecular formula is C29H27N9O9P2. The lowest BCUT2D eigenvalue weighted by Gasteiger charge is -2.13. The van der Waals surface area contributed by atoms with Crippen molar-refractivity contribution in [3.05, 3.63) is 95.4 Å². The van der Waals surface area contributed by atoms with Crippen molar-refractivity contribution in [2.24, 2.45) is 20.5 Å². The minimum atomic E-state index is -4.45. The molecule has 0 bridgehead atoms. The van der Waals surface area contributed by atoms with Gasteiger partial charge < -0.3 is 39.7 Å². The summed E-state index contributed by atoms with van der Waals surface area (Å²) in [4.78, 5) is 60.6. The van der Waals surface area contributed by atoms with Crippen molar-refractivity contribution in [3.8, 4) is 11.5 Å². The number of hydrogen-bond acceptors (Lipinski definition) is 13. The van der Waals surface area contributed by atoms with Gasteiger partial charge in [-0.05, 0) is 60.7 Å². The monoisotopic (exact) mass is 707 g/mol. The topological polar surface area (TPSA) is 266 Å². The number of azo groups is 2. The van der Waals surface area contributed by atoms with Crippen molar-refractivity contribution in [2.75, 3.05) is 24.9 Å². The van der Waals surface area contributed by atoms with E-state index in [-0.39, 0.29) is 33.9 Å². The first-order valence-electron chi connectivity index (χ1n) is 13.8. The predicted molar refractivity (Wildman–Crippen MR) is 180 cm³/mol. The number of rotatable bonds is 12. The summed E-state index contributed by atoms with van der Waals surface area (Å²) < 4.78 is 34.0. The predicted octanol–water partition coefficient (Wildman–Crippen LogP) is 5.11. The molecule has 0 aliphatic rings. The number of hydrogen-bond donors (Lipinski definition) is 7. The standard InChI is InChI=1S/C29H27N9O9P2/c1-46-25-15-19(37-35-17-5-3-7-21(13-17)48(40,41)42)9-11-23(25)30-27-32-28(34-29(39)33-27)31-24-12-10-20(16-26(24)47-2)38-36-18-6-4-8-22(14-18)49(43,44)45/h3-16H,1-2H3,(H2,40,41,42)(H2,43,44,45)(H3,30,31,32,33,34,39). The number of aromatic nitrogens is 3. The highest BCUT2D eigenvalue weighted by atomic mass is 31.2. The number of ether oxygens (including phenoxy) is 2. The molecular weight excluding hydrogens is 680 g/mol. The number of aromatic amines is 1. The molecule has 20 heteroatoms. The van der Waals surface area contributed by atoms with Gasteiger partial charge in [-0.25, -0.2) is 4.79 Å². The largest absolute Gasteiger partial charge is 0.494 e. The van der Waals surface area contributed by atoms with Crippen LogP contribution in [0.2, 0.25) is 0 Å². The van der Waals surface area contributed by atoms with Gasteiger partial charge in [0.1, 0.15) is 11.5 Å². The normalized spacial score (nSPS) is 12.0. The fourth-order valence-electron chi connectivity index (χ4n) is 4.14. The number of anilines is 4. The molecule has 0 saturated heterocycles. The van der Waals surface area contributed by atoms with Gasteiger partial charge in [0.2, 0.25) is 11.9 Å². The average molecular weight is 708 g/mol. The van der Waals surface area contributed by atoms with E-state index in [9.17, 15) is 33.5 Å². The number of benzene rings is 4. The van der Waals surface area contributed by atoms with E-state index in [1.54, 1.807) is 48.5 Å². The van der Waals surface area contributed by atoms with E-state index in [2.05, 4.69) is 46.0 Å². The molecule has 0 spiro atoms. The summed E-state index contributed by atoms with van der Waals surface area (Å²) in [6.07, 6.45) is 0. The van der Waals surface area contributed by atoms with E-state index in [1.807, 2.05) is 0 Å². The van der Waals surface area contributed by atoms with Gasteiger partial charge in [0.15, 0.2) is 0 Å². The summed E-state index contributed by atoms with van der Waals surface area (Å²) in [5, 5.41) is 21.8. The van der Waals surface area contributed by atoms with Crippen LogP contribution in [0.1, 0.15) is 0 Å². The third kappa shape index (κ3) is 9.27. The Hall–Kier alpha value is -5.61. The summed E-state index contributed by atoms with van der Waals surface area (Å²) in [6.45, 7) is 0. The summed E-state index contributed by atoms with van der Waals surface area (Å²) >= 11 is 0. The number of nitrogens with one attached hydrogen (secondary N) is 3. The SMILES string of the molecule is COc1cc(N=Nc2cccc(P(=O)(O)O)c2)ccc1Nc1nc(Nc2ccc(N=Nc3cccc(P(=O)(O)O)c3)cc2OC)[nH]c(=O)n1. The average Bonchev–Trinajstić information content (AvgIpc) is 3.06. The van der Waals surface area contributed by atoms with Crippen LogP contribution in [0.25, 0.3) is 0 Å². The third-order valence-electron chi connectivity index (χ3n) is 6.41. The Kier molecular flexibility index (Phi) is 10.4. The van der Waals surface area contributed by atoms with Crippen LogP contribution in [-0.2, 0) is 9.13 Å². The van der Waals surface area contributed by atoms with Gasteiger partial charge in [-0.1, -0.05) is 12.1 Å². The van der Waals surface area contributed by atoms with E-state index in [0.717, 1.165) is 0 Å². The van der Waals surface area contributed by atoms with Gasteiger partial charge in [0.25, 0.3) is 0 Å². The maximum atomic E-state index is 12.4. The Labute approximate surface area is 277 Å². The molecule has 5 rings (SSSR count). The van der Waals surface area contributed by atoms with E-state index < -0.39 is 20.9 Å². The first-order valence-corrected chi connectivity index (χ1v) is 17.1. The first kappa shape index (κ1) is 34.7. The molecule has 5 aromatic rings. The van der Waals surface area contributed by atoms with Gasteiger partial charge in [0, 0.05) is 12.1 Å². The second-order valence-electron chi connectivity index (χ2n) is 9.87. The fraction of sp³-hybridized carbons (Fsp3) is 0.0690. The molecule has 0 fully saturated rings. The summed E-state index contributed by atoms with van der Waals surface area (Å²) in [5.74, 6) is 0.564. The van der Waals surface area contributed by atoms with Crippen LogP contribution in [0.15, 0.2) is 110 Å². The molecule has 4 aromatic carbocycles. The van der Waals surface area contributed by atoms with Crippen LogP contribution in [0.5, 0.6) is 11.5 Å². The zero-order chi connectivity index (χ0) is 35.2. The van der Waals surface area contributed by atoms with Crippen LogP contribution < -0.4 is 36.4 Å². The first-order chi connectivity index (χ1) is 23.3. The van der Waals surface area contributed by atoms with E-state index >= 15 is 0 Å². The number of methoxy groups -OCH3 is 2. The minimum absolute atomic E-state index is 0.0198. The zero-order valence-corrected chi connectivity index (χ0v) is 27.3. The lowest BCUT2D eigenvalue weighted by Crippen LogP contribution is -2.16. The quantitative estimate of drug-likeness (QED) is 0.0657. The van der Waals surface area contributed by atoms with Crippen molar-refractivity contribution >= 4 is 71.8 Å². The maximum Gasteiger partial charge on any atom is 0.356 e. The Bertz CT molecular complexity index is 2070. The smallest absolute Gasteiger partial charge is 0.356 e. The molecule has 1 aromatic heterocycles.